The van der Waals surface area contributed by atoms with Crippen LogP contribution in [0.15, 0.2) is 61.2 Å². The lowest BCUT2D eigenvalue weighted by Gasteiger charge is -2.09. The van der Waals surface area contributed by atoms with Gasteiger partial charge in [-0.25, -0.2) is 9.59 Å². The second-order valence-electron chi connectivity index (χ2n) is 6.22. The molecule has 0 fully saturated rings. The zero-order valence-corrected chi connectivity index (χ0v) is 16.6. The van der Waals surface area contributed by atoms with Gasteiger partial charge in [-0.05, 0) is 55.0 Å². The van der Waals surface area contributed by atoms with E-state index in [1.807, 2.05) is 0 Å². The minimum absolute atomic E-state index is 0.225. The van der Waals surface area contributed by atoms with Gasteiger partial charge in [-0.3, -0.25) is 0 Å². The molecule has 0 aromatic heterocycles. The molecule has 154 valence electrons. The summed E-state index contributed by atoms with van der Waals surface area (Å²) in [6.45, 7) is 5.91. The van der Waals surface area contributed by atoms with Crippen LogP contribution in [0.5, 0.6) is 17.2 Å². The van der Waals surface area contributed by atoms with E-state index in [0.717, 1.165) is 24.7 Å². The van der Waals surface area contributed by atoms with Crippen LogP contribution in [0.4, 0.5) is 0 Å². The SMILES string of the molecule is C=CC(=O)OCOc1ccc(OC(=O)c2ccc(OCCCCCC)cc2)cc1. The van der Waals surface area contributed by atoms with Gasteiger partial charge in [0.05, 0.1) is 12.2 Å². The maximum absolute atomic E-state index is 12.3. The lowest BCUT2D eigenvalue weighted by Crippen LogP contribution is -2.09. The highest BCUT2D eigenvalue weighted by molar-refractivity contribution is 5.91. The van der Waals surface area contributed by atoms with E-state index < -0.39 is 11.9 Å². The summed E-state index contributed by atoms with van der Waals surface area (Å²) in [5.41, 5.74) is 0.431. The molecular formula is C23H26O6. The first-order chi connectivity index (χ1) is 14.1. The molecule has 0 amide bonds. The highest BCUT2D eigenvalue weighted by Gasteiger charge is 2.09. The first-order valence-corrected chi connectivity index (χ1v) is 9.59. The molecule has 0 unspecified atom stereocenters. The third kappa shape index (κ3) is 8.09. The minimum atomic E-state index is -0.566. The summed E-state index contributed by atoms with van der Waals surface area (Å²) < 4.78 is 21.0. The van der Waals surface area contributed by atoms with E-state index in [-0.39, 0.29) is 6.79 Å². The highest BCUT2D eigenvalue weighted by atomic mass is 16.7. The molecule has 0 bridgehead atoms. The van der Waals surface area contributed by atoms with E-state index in [0.29, 0.717) is 23.7 Å². The number of benzene rings is 2. The zero-order chi connectivity index (χ0) is 20.9. The van der Waals surface area contributed by atoms with Crippen LogP contribution >= 0.6 is 0 Å². The smallest absolute Gasteiger partial charge is 0.343 e. The van der Waals surface area contributed by atoms with Crippen LogP contribution < -0.4 is 14.2 Å². The standard InChI is InChI=1S/C23H26O6/c1-3-5-6-7-16-26-19-10-8-18(9-11-19)23(25)29-21-14-12-20(13-15-21)27-17-28-22(24)4-2/h4,8-15H,2-3,5-7,16-17H2,1H3. The van der Waals surface area contributed by atoms with Crippen LogP contribution in [0.2, 0.25) is 0 Å². The third-order valence-corrected chi connectivity index (χ3v) is 3.98. The van der Waals surface area contributed by atoms with Gasteiger partial charge in [-0.15, -0.1) is 0 Å². The molecule has 0 aliphatic carbocycles. The number of hydrogen-bond acceptors (Lipinski definition) is 6. The van der Waals surface area contributed by atoms with Crippen molar-refractivity contribution in [3.8, 4) is 17.2 Å². The maximum atomic E-state index is 12.3. The summed E-state index contributed by atoms with van der Waals surface area (Å²) >= 11 is 0. The van der Waals surface area contributed by atoms with E-state index in [1.165, 1.54) is 12.8 Å². The molecule has 6 heteroatoms. The van der Waals surface area contributed by atoms with Gasteiger partial charge >= 0.3 is 11.9 Å². The molecule has 0 spiro atoms. The topological polar surface area (TPSA) is 71.1 Å². The average molecular weight is 398 g/mol. The number of esters is 2. The van der Waals surface area contributed by atoms with Gasteiger partial charge in [0, 0.05) is 6.08 Å². The molecule has 0 heterocycles. The molecule has 2 rings (SSSR count). The molecule has 0 aliphatic rings. The van der Waals surface area contributed by atoms with Gasteiger partial charge in [0.2, 0.25) is 6.79 Å². The van der Waals surface area contributed by atoms with Crippen LogP contribution in [0, 0.1) is 0 Å². The molecule has 0 saturated heterocycles. The van der Waals surface area contributed by atoms with E-state index in [1.54, 1.807) is 48.5 Å². The first-order valence-electron chi connectivity index (χ1n) is 9.59. The van der Waals surface area contributed by atoms with Crippen LogP contribution in [-0.2, 0) is 9.53 Å². The average Bonchev–Trinajstić information content (AvgIpc) is 2.75. The monoisotopic (exact) mass is 398 g/mol. The molecule has 2 aromatic carbocycles. The Kier molecular flexibility index (Phi) is 9.29. The maximum Gasteiger partial charge on any atom is 0.343 e. The number of ether oxygens (including phenoxy) is 4. The predicted molar refractivity (Wildman–Crippen MR) is 109 cm³/mol. The Morgan fingerprint density at radius 1 is 0.862 bits per heavy atom. The highest BCUT2D eigenvalue weighted by Crippen LogP contribution is 2.20. The molecule has 0 atom stereocenters. The van der Waals surface area contributed by atoms with Crippen molar-refractivity contribution in [1.82, 2.24) is 0 Å². The Bertz CT molecular complexity index is 780. The van der Waals surface area contributed by atoms with Crippen molar-refractivity contribution in [2.45, 2.75) is 32.6 Å². The fourth-order valence-corrected chi connectivity index (χ4v) is 2.39. The van der Waals surface area contributed by atoms with Crippen LogP contribution in [0.3, 0.4) is 0 Å². The van der Waals surface area contributed by atoms with Crippen molar-refractivity contribution >= 4 is 11.9 Å². The summed E-state index contributed by atoms with van der Waals surface area (Å²) in [4.78, 5) is 23.2. The lowest BCUT2D eigenvalue weighted by atomic mass is 10.2. The number of carbonyl (C=O) groups excluding carboxylic acids is 2. The molecule has 29 heavy (non-hydrogen) atoms. The normalized spacial score (nSPS) is 10.1. The van der Waals surface area contributed by atoms with Gasteiger partial charge in [0.1, 0.15) is 17.2 Å². The predicted octanol–water partition coefficient (Wildman–Crippen LogP) is 4.93. The van der Waals surface area contributed by atoms with Crippen molar-refractivity contribution in [3.63, 3.8) is 0 Å². The molecule has 0 aliphatic heterocycles. The van der Waals surface area contributed by atoms with Gasteiger partial charge < -0.3 is 18.9 Å². The van der Waals surface area contributed by atoms with E-state index >= 15 is 0 Å². The van der Waals surface area contributed by atoms with Gasteiger partial charge in [-0.2, -0.15) is 0 Å². The second-order valence-corrected chi connectivity index (χ2v) is 6.22. The zero-order valence-electron chi connectivity index (χ0n) is 16.6. The quantitative estimate of drug-likeness (QED) is 0.166. The van der Waals surface area contributed by atoms with Gasteiger partial charge in [0.25, 0.3) is 0 Å². The Morgan fingerprint density at radius 2 is 1.48 bits per heavy atom. The van der Waals surface area contributed by atoms with Crippen LogP contribution in [0.25, 0.3) is 0 Å². The van der Waals surface area contributed by atoms with E-state index in [4.69, 9.17) is 18.9 Å². The van der Waals surface area contributed by atoms with E-state index in [2.05, 4.69) is 13.5 Å². The fourth-order valence-electron chi connectivity index (χ4n) is 2.39. The fraction of sp³-hybridized carbons (Fsp3) is 0.304. The van der Waals surface area contributed by atoms with Crippen LogP contribution in [-0.4, -0.2) is 25.3 Å². The number of rotatable bonds is 12. The van der Waals surface area contributed by atoms with Gasteiger partial charge in [0.15, 0.2) is 0 Å². The summed E-state index contributed by atoms with van der Waals surface area (Å²) in [5.74, 6) is 0.553. The first kappa shape index (κ1) is 22.0. The molecule has 2 aromatic rings. The Hall–Kier alpha value is -3.28. The molecular weight excluding hydrogens is 372 g/mol. The molecule has 6 nitrogen and oxygen atoms in total. The lowest BCUT2D eigenvalue weighted by molar-refractivity contribution is -0.144. The van der Waals surface area contributed by atoms with Crippen molar-refractivity contribution in [2.24, 2.45) is 0 Å². The van der Waals surface area contributed by atoms with Gasteiger partial charge in [-0.1, -0.05) is 32.8 Å². The Labute approximate surface area is 171 Å². The molecule has 0 N–H and O–H groups in total. The largest absolute Gasteiger partial charge is 0.494 e. The van der Waals surface area contributed by atoms with Crippen molar-refractivity contribution < 1.29 is 28.5 Å². The Balaban J connectivity index is 1.78. The van der Waals surface area contributed by atoms with E-state index in [9.17, 15) is 9.59 Å². The summed E-state index contributed by atoms with van der Waals surface area (Å²) in [6.07, 6.45) is 5.64. The summed E-state index contributed by atoms with van der Waals surface area (Å²) in [7, 11) is 0. The minimum Gasteiger partial charge on any atom is -0.494 e. The molecule has 0 saturated carbocycles. The van der Waals surface area contributed by atoms with Crippen molar-refractivity contribution in [3.05, 3.63) is 66.7 Å². The summed E-state index contributed by atoms with van der Waals surface area (Å²) in [6, 6.07) is 13.3. The molecule has 0 radical (unpaired) electrons. The third-order valence-electron chi connectivity index (χ3n) is 3.98. The number of hydrogen-bond donors (Lipinski definition) is 0. The van der Waals surface area contributed by atoms with Crippen LogP contribution in [0.1, 0.15) is 43.0 Å². The second kappa shape index (κ2) is 12.2. The van der Waals surface area contributed by atoms with Crippen molar-refractivity contribution in [1.29, 1.82) is 0 Å². The Morgan fingerprint density at radius 3 is 2.14 bits per heavy atom. The number of unbranched alkanes of at least 4 members (excludes halogenated alkanes) is 3. The summed E-state index contributed by atoms with van der Waals surface area (Å²) in [5, 5.41) is 0. The van der Waals surface area contributed by atoms with Crippen molar-refractivity contribution in [2.75, 3.05) is 13.4 Å². The number of carbonyl (C=O) groups is 2.